The third-order valence-corrected chi connectivity index (χ3v) is 5.22. The topological polar surface area (TPSA) is 74.6 Å². The Labute approximate surface area is 152 Å². The Morgan fingerprint density at radius 2 is 1.54 bits per heavy atom. The first-order valence-electron chi connectivity index (χ1n) is 8.86. The Hall–Kier alpha value is -2.63. The molecule has 0 spiro atoms. The number of allylic oxidation sites excluding steroid dienone is 2. The lowest BCUT2D eigenvalue weighted by atomic mass is 9.89. The molecule has 0 N–H and O–H groups in total. The normalized spacial score (nSPS) is 18.7. The number of hydrogen-bond acceptors (Lipinski definition) is 5. The van der Waals surface area contributed by atoms with Gasteiger partial charge in [-0.1, -0.05) is 6.07 Å². The van der Waals surface area contributed by atoms with E-state index in [1.54, 1.807) is 22.9 Å². The van der Waals surface area contributed by atoms with Crippen molar-refractivity contribution in [3.8, 4) is 0 Å². The van der Waals surface area contributed by atoms with E-state index in [2.05, 4.69) is 0 Å². The summed E-state index contributed by atoms with van der Waals surface area (Å²) in [7, 11) is 2.75. The van der Waals surface area contributed by atoms with E-state index >= 15 is 0 Å². The largest absolute Gasteiger partial charge is 0.489 e. The quantitative estimate of drug-likeness (QED) is 0.757. The van der Waals surface area contributed by atoms with Crippen molar-refractivity contribution in [1.82, 2.24) is 4.57 Å². The summed E-state index contributed by atoms with van der Waals surface area (Å²) in [5, 5.41) is 0. The molecular weight excluding hydrogens is 334 g/mol. The van der Waals surface area contributed by atoms with Gasteiger partial charge in [-0.05, 0) is 44.1 Å². The summed E-state index contributed by atoms with van der Waals surface area (Å²) in [5.74, 6) is -0.112. The molecule has 2 aliphatic carbocycles. The van der Waals surface area contributed by atoms with Gasteiger partial charge in [0.2, 0.25) is 28.6 Å². The average Bonchev–Trinajstić information content (AvgIpc) is 2.87. The molecule has 2 aliphatic rings. The lowest BCUT2D eigenvalue weighted by Gasteiger charge is -2.20. The predicted molar refractivity (Wildman–Crippen MR) is 95.4 cm³/mol. The van der Waals surface area contributed by atoms with E-state index in [4.69, 9.17) is 9.47 Å². The Bertz CT molecular complexity index is 806. The first-order valence-corrected chi connectivity index (χ1v) is 8.86. The molecule has 0 aliphatic heterocycles. The van der Waals surface area contributed by atoms with Gasteiger partial charge in [0.15, 0.2) is 0 Å². The number of nitrogens with zero attached hydrogens (tertiary/aromatic N) is 1. The molecule has 1 heterocycles. The van der Waals surface area contributed by atoms with Gasteiger partial charge < -0.3 is 14.0 Å². The maximum absolute atomic E-state index is 12.7. The molecule has 0 bridgehead atoms. The fraction of sp³-hybridized carbons (Fsp3) is 0.450. The Morgan fingerprint density at radius 3 is 2.04 bits per heavy atom. The lowest BCUT2D eigenvalue weighted by molar-refractivity contribution is -0.121. The second-order valence-electron chi connectivity index (χ2n) is 6.65. The van der Waals surface area contributed by atoms with Gasteiger partial charge in [0.25, 0.3) is 0 Å². The zero-order chi connectivity index (χ0) is 18.7. The summed E-state index contributed by atoms with van der Waals surface area (Å²) in [6, 6.07) is 5.12. The molecule has 1 aromatic heterocycles. The van der Waals surface area contributed by atoms with Crippen LogP contribution in [0.2, 0.25) is 0 Å². The molecule has 1 aromatic rings. The number of hydrogen-bond donors (Lipinski definition) is 0. The first kappa shape index (κ1) is 18.2. The highest BCUT2D eigenvalue weighted by molar-refractivity contribution is 6.23. The van der Waals surface area contributed by atoms with Gasteiger partial charge in [0.1, 0.15) is 0 Å². The molecule has 138 valence electrons. The number of aromatic nitrogens is 1. The van der Waals surface area contributed by atoms with Crippen molar-refractivity contribution in [3.63, 3.8) is 0 Å². The fourth-order valence-corrected chi connectivity index (χ4v) is 3.75. The molecule has 0 atom stereocenters. The number of Topliss-reactive ketones (excluding diaryl/α,β-unsaturated/α-hetero) is 2. The molecule has 0 fully saturated rings. The second kappa shape index (κ2) is 7.72. The smallest absolute Gasteiger partial charge is 0.250 e. The monoisotopic (exact) mass is 357 g/mol. The van der Waals surface area contributed by atoms with E-state index in [9.17, 15) is 14.4 Å². The predicted octanol–water partition coefficient (Wildman–Crippen LogP) is 2.38. The SMILES string of the molecule is COC1=C(OC)C(=O)C2=C(CCC(CCn3ccccc3=O)CC2)C1=O. The molecule has 6 heteroatoms. The maximum Gasteiger partial charge on any atom is 0.250 e. The van der Waals surface area contributed by atoms with Gasteiger partial charge in [-0.2, -0.15) is 0 Å². The number of ether oxygens (including phenoxy) is 2. The van der Waals surface area contributed by atoms with E-state index in [-0.39, 0.29) is 28.6 Å². The van der Waals surface area contributed by atoms with Crippen LogP contribution in [-0.4, -0.2) is 30.4 Å². The molecule has 0 aromatic carbocycles. The summed E-state index contributed by atoms with van der Waals surface area (Å²) in [5.41, 5.74) is 1.11. The fourth-order valence-electron chi connectivity index (χ4n) is 3.75. The van der Waals surface area contributed by atoms with Crippen LogP contribution in [-0.2, 0) is 25.6 Å². The Balaban J connectivity index is 1.71. The molecule has 0 radical (unpaired) electrons. The van der Waals surface area contributed by atoms with Gasteiger partial charge in [-0.25, -0.2) is 0 Å². The second-order valence-corrected chi connectivity index (χ2v) is 6.65. The van der Waals surface area contributed by atoms with Crippen LogP contribution in [0.15, 0.2) is 51.9 Å². The van der Waals surface area contributed by atoms with Crippen molar-refractivity contribution in [1.29, 1.82) is 0 Å². The summed E-state index contributed by atoms with van der Waals surface area (Å²) in [6.45, 7) is 0.641. The van der Waals surface area contributed by atoms with E-state index < -0.39 is 0 Å². The molecule has 6 nitrogen and oxygen atoms in total. The number of rotatable bonds is 5. The third-order valence-electron chi connectivity index (χ3n) is 5.22. The van der Waals surface area contributed by atoms with E-state index in [0.29, 0.717) is 36.5 Å². The molecular formula is C20H23NO5. The van der Waals surface area contributed by atoms with Crippen molar-refractivity contribution < 1.29 is 19.1 Å². The zero-order valence-corrected chi connectivity index (χ0v) is 15.1. The number of pyridine rings is 1. The highest BCUT2D eigenvalue weighted by Crippen LogP contribution is 2.36. The van der Waals surface area contributed by atoms with Gasteiger partial charge >= 0.3 is 0 Å². The van der Waals surface area contributed by atoms with Crippen molar-refractivity contribution >= 4 is 11.6 Å². The summed E-state index contributed by atoms with van der Waals surface area (Å²) >= 11 is 0. The van der Waals surface area contributed by atoms with Crippen LogP contribution in [0.3, 0.4) is 0 Å². The Morgan fingerprint density at radius 1 is 0.962 bits per heavy atom. The summed E-state index contributed by atoms with van der Waals surface area (Å²) in [4.78, 5) is 37.2. The van der Waals surface area contributed by atoms with Crippen LogP contribution in [0.4, 0.5) is 0 Å². The number of methoxy groups -OCH3 is 2. The van der Waals surface area contributed by atoms with E-state index in [1.165, 1.54) is 14.2 Å². The first-order chi connectivity index (χ1) is 12.6. The minimum Gasteiger partial charge on any atom is -0.489 e. The van der Waals surface area contributed by atoms with Crippen LogP contribution in [0.1, 0.15) is 32.1 Å². The average molecular weight is 357 g/mol. The minimum atomic E-state index is -0.237. The van der Waals surface area contributed by atoms with Gasteiger partial charge in [0.05, 0.1) is 14.2 Å². The molecule has 26 heavy (non-hydrogen) atoms. The van der Waals surface area contributed by atoms with Crippen LogP contribution >= 0.6 is 0 Å². The lowest BCUT2D eigenvalue weighted by Crippen LogP contribution is -2.25. The third kappa shape index (κ3) is 3.36. The van der Waals surface area contributed by atoms with Crippen molar-refractivity contribution in [2.75, 3.05) is 14.2 Å². The number of carbonyl (C=O) groups is 2. The molecule has 3 rings (SSSR count). The van der Waals surface area contributed by atoms with E-state index in [0.717, 1.165) is 19.3 Å². The molecule has 0 amide bonds. The minimum absolute atomic E-state index is 0.00513. The van der Waals surface area contributed by atoms with Crippen molar-refractivity contribution in [2.24, 2.45) is 5.92 Å². The summed E-state index contributed by atoms with van der Waals surface area (Å²) < 4.78 is 11.9. The van der Waals surface area contributed by atoms with Crippen LogP contribution in [0.25, 0.3) is 0 Å². The highest BCUT2D eigenvalue weighted by Gasteiger charge is 2.37. The standard InChI is InChI=1S/C20H23NO5/c1-25-19-17(23)14-8-6-13(7-9-15(14)18(24)20(19)26-2)10-12-21-11-4-3-5-16(21)22/h3-5,11,13H,6-10,12H2,1-2H3. The highest BCUT2D eigenvalue weighted by atomic mass is 16.5. The summed E-state index contributed by atoms with van der Waals surface area (Å²) in [6.07, 6.45) is 5.37. The molecule has 0 unspecified atom stereocenters. The van der Waals surface area contributed by atoms with Crippen molar-refractivity contribution in [2.45, 2.75) is 38.6 Å². The van der Waals surface area contributed by atoms with Gasteiger partial charge in [0, 0.05) is 30.0 Å². The number of carbonyl (C=O) groups excluding carboxylic acids is 2. The van der Waals surface area contributed by atoms with E-state index in [1.807, 2.05) is 6.07 Å². The maximum atomic E-state index is 12.7. The number of ketones is 2. The molecule has 0 saturated carbocycles. The van der Waals surface area contributed by atoms with Crippen LogP contribution < -0.4 is 5.56 Å². The van der Waals surface area contributed by atoms with Crippen molar-refractivity contribution in [3.05, 3.63) is 57.4 Å². The van der Waals surface area contributed by atoms with Crippen LogP contribution in [0.5, 0.6) is 0 Å². The Kier molecular flexibility index (Phi) is 5.40. The zero-order valence-electron chi connectivity index (χ0n) is 15.1. The van der Waals surface area contributed by atoms with Gasteiger partial charge in [-0.15, -0.1) is 0 Å². The molecule has 0 saturated heterocycles. The number of aryl methyl sites for hydroxylation is 1. The van der Waals surface area contributed by atoms with Gasteiger partial charge in [-0.3, -0.25) is 14.4 Å². The van der Waals surface area contributed by atoms with Crippen LogP contribution in [0, 0.1) is 5.92 Å².